The molecule has 0 spiro atoms. The summed E-state index contributed by atoms with van der Waals surface area (Å²) in [5.74, 6) is 0.656. The molecule has 160 valence electrons. The smallest absolute Gasteiger partial charge is 0.255 e. The van der Waals surface area contributed by atoms with Gasteiger partial charge in [-0.1, -0.05) is 15.9 Å². The molecule has 0 heterocycles. The maximum absolute atomic E-state index is 12.7. The molecular weight excluding hydrogens is 460 g/mol. The number of halogens is 1. The molecule has 0 bridgehead atoms. The molecule has 3 rings (SSSR count). The van der Waals surface area contributed by atoms with Gasteiger partial charge in [0.25, 0.3) is 11.8 Å². The van der Waals surface area contributed by atoms with Crippen LogP contribution in [0.2, 0.25) is 0 Å². The highest BCUT2D eigenvalue weighted by Gasteiger charge is 2.11. The van der Waals surface area contributed by atoms with Gasteiger partial charge in [-0.2, -0.15) is 0 Å². The third-order valence-corrected chi connectivity index (χ3v) is 4.80. The Morgan fingerprint density at radius 3 is 1.61 bits per heavy atom. The van der Waals surface area contributed by atoms with Crippen LogP contribution in [0.15, 0.2) is 71.2 Å². The second kappa shape index (κ2) is 10.6. The van der Waals surface area contributed by atoms with Gasteiger partial charge >= 0.3 is 0 Å². The zero-order valence-corrected chi connectivity index (χ0v) is 18.9. The summed E-state index contributed by atoms with van der Waals surface area (Å²) in [4.78, 5) is 25.0. The molecule has 7 heteroatoms. The van der Waals surface area contributed by atoms with Gasteiger partial charge < -0.3 is 20.1 Å². The maximum atomic E-state index is 12.7. The molecule has 3 aromatic carbocycles. The molecule has 6 nitrogen and oxygen atoms in total. The van der Waals surface area contributed by atoms with Crippen LogP contribution in [0.3, 0.4) is 0 Å². The van der Waals surface area contributed by atoms with E-state index in [-0.39, 0.29) is 11.8 Å². The second-order valence-corrected chi connectivity index (χ2v) is 7.47. The SMILES string of the molecule is CCOc1cc(OCC)cc(C(=O)Nc2ccc(NC(=O)c3ccc(Br)cc3)cc2)c1. The Morgan fingerprint density at radius 2 is 1.16 bits per heavy atom. The van der Waals surface area contributed by atoms with Crippen molar-refractivity contribution in [3.63, 3.8) is 0 Å². The second-order valence-electron chi connectivity index (χ2n) is 6.55. The summed E-state index contributed by atoms with van der Waals surface area (Å²) in [5.41, 5.74) is 2.22. The highest BCUT2D eigenvalue weighted by molar-refractivity contribution is 9.10. The van der Waals surface area contributed by atoms with E-state index in [9.17, 15) is 9.59 Å². The summed E-state index contributed by atoms with van der Waals surface area (Å²) in [6.07, 6.45) is 0. The summed E-state index contributed by atoms with van der Waals surface area (Å²) in [5, 5.41) is 5.68. The van der Waals surface area contributed by atoms with Crippen molar-refractivity contribution in [1.29, 1.82) is 0 Å². The van der Waals surface area contributed by atoms with E-state index in [1.807, 2.05) is 26.0 Å². The molecular formula is C24H23BrN2O4. The lowest BCUT2D eigenvalue weighted by atomic mass is 10.1. The number of amides is 2. The quantitative estimate of drug-likeness (QED) is 0.428. The van der Waals surface area contributed by atoms with Crippen molar-refractivity contribution >= 4 is 39.1 Å². The van der Waals surface area contributed by atoms with Crippen LogP contribution in [0.1, 0.15) is 34.6 Å². The standard InChI is InChI=1S/C24H23BrN2O4/c1-3-30-21-13-17(14-22(15-21)31-4-2)24(29)27-20-11-9-19(10-12-20)26-23(28)16-5-7-18(25)8-6-16/h5-15H,3-4H2,1-2H3,(H,26,28)(H,27,29). The van der Waals surface area contributed by atoms with E-state index in [4.69, 9.17) is 9.47 Å². The minimum absolute atomic E-state index is 0.208. The number of ether oxygens (including phenoxy) is 2. The van der Waals surface area contributed by atoms with Crippen molar-refractivity contribution in [3.05, 3.63) is 82.3 Å². The van der Waals surface area contributed by atoms with Crippen LogP contribution < -0.4 is 20.1 Å². The summed E-state index contributed by atoms with van der Waals surface area (Å²) in [6, 6.07) is 19.1. The molecule has 0 aliphatic heterocycles. The van der Waals surface area contributed by atoms with Crippen LogP contribution in [0.25, 0.3) is 0 Å². The Kier molecular flexibility index (Phi) is 7.67. The zero-order valence-electron chi connectivity index (χ0n) is 17.3. The first-order chi connectivity index (χ1) is 15.0. The molecule has 2 N–H and O–H groups in total. The van der Waals surface area contributed by atoms with Crippen LogP contribution in [-0.4, -0.2) is 25.0 Å². The summed E-state index contributed by atoms with van der Waals surface area (Å²) < 4.78 is 12.0. The van der Waals surface area contributed by atoms with E-state index in [1.165, 1.54) is 0 Å². The van der Waals surface area contributed by atoms with Crippen molar-refractivity contribution < 1.29 is 19.1 Å². The van der Waals surface area contributed by atoms with Crippen LogP contribution in [0.4, 0.5) is 11.4 Å². The molecule has 0 aromatic heterocycles. The van der Waals surface area contributed by atoms with Gasteiger partial charge in [0.15, 0.2) is 0 Å². The molecule has 2 amide bonds. The fourth-order valence-corrected chi connectivity index (χ4v) is 3.11. The Hall–Kier alpha value is -3.32. The topological polar surface area (TPSA) is 76.7 Å². The van der Waals surface area contributed by atoms with Gasteiger partial charge in [-0.05, 0) is 74.5 Å². The molecule has 31 heavy (non-hydrogen) atoms. The van der Waals surface area contributed by atoms with Gasteiger partial charge in [-0.15, -0.1) is 0 Å². The number of benzene rings is 3. The first-order valence-electron chi connectivity index (χ1n) is 9.87. The number of hydrogen-bond acceptors (Lipinski definition) is 4. The number of hydrogen-bond donors (Lipinski definition) is 2. The van der Waals surface area contributed by atoms with Crippen LogP contribution in [-0.2, 0) is 0 Å². The molecule has 0 saturated carbocycles. The lowest BCUT2D eigenvalue weighted by Gasteiger charge is -2.12. The van der Waals surface area contributed by atoms with Gasteiger partial charge in [0.05, 0.1) is 13.2 Å². The Labute approximate surface area is 189 Å². The third kappa shape index (κ3) is 6.33. The highest BCUT2D eigenvalue weighted by atomic mass is 79.9. The average molecular weight is 483 g/mol. The third-order valence-electron chi connectivity index (χ3n) is 4.27. The number of nitrogens with one attached hydrogen (secondary N) is 2. The molecule has 0 aliphatic carbocycles. The van der Waals surface area contributed by atoms with E-state index in [0.717, 1.165) is 4.47 Å². The first-order valence-corrected chi connectivity index (χ1v) is 10.7. The lowest BCUT2D eigenvalue weighted by Crippen LogP contribution is -2.13. The van der Waals surface area contributed by atoms with Crippen molar-refractivity contribution in [2.45, 2.75) is 13.8 Å². The molecule has 0 aliphatic rings. The Morgan fingerprint density at radius 1 is 0.710 bits per heavy atom. The van der Waals surface area contributed by atoms with Crippen molar-refractivity contribution in [2.24, 2.45) is 0 Å². The minimum atomic E-state index is -0.283. The van der Waals surface area contributed by atoms with Crippen molar-refractivity contribution in [1.82, 2.24) is 0 Å². The summed E-state index contributed by atoms with van der Waals surface area (Å²) in [7, 11) is 0. The minimum Gasteiger partial charge on any atom is -0.494 e. The van der Waals surface area contributed by atoms with Gasteiger partial charge in [0.1, 0.15) is 11.5 Å². The van der Waals surface area contributed by atoms with Gasteiger partial charge in [0.2, 0.25) is 0 Å². The highest BCUT2D eigenvalue weighted by Crippen LogP contribution is 2.24. The van der Waals surface area contributed by atoms with Gasteiger partial charge in [0, 0.05) is 33.0 Å². The zero-order chi connectivity index (χ0) is 22.2. The summed E-state index contributed by atoms with van der Waals surface area (Å²) >= 11 is 3.35. The maximum Gasteiger partial charge on any atom is 0.255 e. The van der Waals surface area contributed by atoms with E-state index in [1.54, 1.807) is 54.6 Å². The monoisotopic (exact) mass is 482 g/mol. The number of rotatable bonds is 8. The van der Waals surface area contributed by atoms with E-state index < -0.39 is 0 Å². The van der Waals surface area contributed by atoms with Gasteiger partial charge in [-0.25, -0.2) is 0 Å². The van der Waals surface area contributed by atoms with Crippen molar-refractivity contribution in [3.8, 4) is 11.5 Å². The predicted molar refractivity (Wildman–Crippen MR) is 125 cm³/mol. The number of anilines is 2. The summed E-state index contributed by atoms with van der Waals surface area (Å²) in [6.45, 7) is 4.74. The number of carbonyl (C=O) groups excluding carboxylic acids is 2. The van der Waals surface area contributed by atoms with Gasteiger partial charge in [-0.3, -0.25) is 9.59 Å². The molecule has 3 aromatic rings. The Bertz CT molecular complexity index is 1030. The van der Waals surface area contributed by atoms with Crippen molar-refractivity contribution in [2.75, 3.05) is 23.8 Å². The van der Waals surface area contributed by atoms with E-state index in [0.29, 0.717) is 47.2 Å². The average Bonchev–Trinajstić information content (AvgIpc) is 2.76. The molecule has 0 unspecified atom stereocenters. The number of carbonyl (C=O) groups is 2. The lowest BCUT2D eigenvalue weighted by molar-refractivity contribution is 0.101. The fourth-order valence-electron chi connectivity index (χ4n) is 2.85. The Balaban J connectivity index is 1.67. The molecule has 0 saturated heterocycles. The van der Waals surface area contributed by atoms with Crippen LogP contribution in [0.5, 0.6) is 11.5 Å². The predicted octanol–water partition coefficient (Wildman–Crippen LogP) is 5.75. The molecule has 0 radical (unpaired) electrons. The van der Waals surface area contributed by atoms with E-state index in [2.05, 4.69) is 26.6 Å². The molecule has 0 fully saturated rings. The molecule has 0 atom stereocenters. The normalized spacial score (nSPS) is 10.3. The van der Waals surface area contributed by atoms with Crippen LogP contribution in [0, 0.1) is 0 Å². The van der Waals surface area contributed by atoms with Crippen LogP contribution >= 0.6 is 15.9 Å². The largest absolute Gasteiger partial charge is 0.494 e. The fraction of sp³-hybridized carbons (Fsp3) is 0.167. The first kappa shape index (κ1) is 22.4. The van der Waals surface area contributed by atoms with E-state index >= 15 is 0 Å².